The number of anilines is 1. The summed E-state index contributed by atoms with van der Waals surface area (Å²) in [6.07, 6.45) is -0.141. The van der Waals surface area contributed by atoms with Crippen LogP contribution in [0.1, 0.15) is 24.5 Å². The average molecular weight is 337 g/mol. The molecule has 1 amide bonds. The van der Waals surface area contributed by atoms with Crippen LogP contribution in [-0.4, -0.2) is 16.9 Å². The molecule has 7 heteroatoms. The Labute approximate surface area is 144 Å². The second-order valence-corrected chi connectivity index (χ2v) is 5.66. The molecule has 2 aromatic rings. The normalized spacial score (nSPS) is 15.9. The van der Waals surface area contributed by atoms with Crippen molar-refractivity contribution in [3.05, 3.63) is 63.7 Å². The van der Waals surface area contributed by atoms with E-state index in [0.29, 0.717) is 23.4 Å². The Balaban J connectivity index is 2.04. The van der Waals surface area contributed by atoms with E-state index in [1.165, 1.54) is 23.1 Å². The minimum absolute atomic E-state index is 0.110. The second-order valence-electron chi connectivity index (χ2n) is 5.66. The maximum absolute atomic E-state index is 12.7. The highest BCUT2D eigenvalue weighted by atomic mass is 16.6. The molecule has 1 heterocycles. The van der Waals surface area contributed by atoms with Crippen molar-refractivity contribution in [1.29, 1.82) is 5.26 Å². The summed E-state index contributed by atoms with van der Waals surface area (Å²) in [4.78, 5) is 24.8. The van der Waals surface area contributed by atoms with Gasteiger partial charge in [-0.1, -0.05) is 19.1 Å². The number of carbonyl (C=O) groups is 1. The zero-order valence-corrected chi connectivity index (χ0v) is 13.5. The number of benzene rings is 2. The summed E-state index contributed by atoms with van der Waals surface area (Å²) in [7, 11) is 0. The molecule has 0 spiro atoms. The fourth-order valence-electron chi connectivity index (χ4n) is 2.77. The second kappa shape index (κ2) is 6.61. The Morgan fingerprint density at radius 2 is 2.12 bits per heavy atom. The van der Waals surface area contributed by atoms with E-state index < -0.39 is 11.0 Å². The van der Waals surface area contributed by atoms with Crippen molar-refractivity contribution in [3.63, 3.8) is 0 Å². The number of hydrogen-bond acceptors (Lipinski definition) is 5. The molecule has 7 nitrogen and oxygen atoms in total. The van der Waals surface area contributed by atoms with Gasteiger partial charge in [-0.05, 0) is 30.2 Å². The molecule has 1 unspecified atom stereocenters. The van der Waals surface area contributed by atoms with E-state index in [2.05, 4.69) is 6.07 Å². The third kappa shape index (κ3) is 3.15. The van der Waals surface area contributed by atoms with Gasteiger partial charge in [-0.25, -0.2) is 0 Å². The summed E-state index contributed by atoms with van der Waals surface area (Å²) < 4.78 is 5.67. The molecule has 0 aliphatic carbocycles. The third-order valence-corrected chi connectivity index (χ3v) is 4.02. The lowest BCUT2D eigenvalue weighted by atomic mass is 10.1. The molecule has 0 saturated heterocycles. The first-order valence-corrected chi connectivity index (χ1v) is 7.79. The standard InChI is InChI=1S/C18H15N3O4/c1-2-16-18(22)20(11-13-5-3-4-12(8-13)10-19)15-9-14(21(23)24)6-7-17(15)25-16/h3-9,16H,2,11H2,1H3. The Morgan fingerprint density at radius 1 is 1.32 bits per heavy atom. The van der Waals surface area contributed by atoms with E-state index in [-0.39, 0.29) is 18.1 Å². The molecule has 0 saturated carbocycles. The molecule has 0 radical (unpaired) electrons. The molecular weight excluding hydrogens is 322 g/mol. The van der Waals surface area contributed by atoms with Gasteiger partial charge in [0.05, 0.1) is 28.8 Å². The van der Waals surface area contributed by atoms with E-state index in [1.54, 1.807) is 18.2 Å². The number of non-ortho nitro benzene ring substituents is 1. The number of rotatable bonds is 4. The Morgan fingerprint density at radius 3 is 2.80 bits per heavy atom. The van der Waals surface area contributed by atoms with Gasteiger partial charge in [-0.3, -0.25) is 14.9 Å². The van der Waals surface area contributed by atoms with Crippen LogP contribution in [0, 0.1) is 21.4 Å². The molecule has 0 N–H and O–H groups in total. The summed E-state index contributed by atoms with van der Waals surface area (Å²) >= 11 is 0. The fraction of sp³-hybridized carbons (Fsp3) is 0.222. The molecule has 0 bridgehead atoms. The van der Waals surface area contributed by atoms with E-state index in [1.807, 2.05) is 13.0 Å². The van der Waals surface area contributed by atoms with Crippen molar-refractivity contribution >= 4 is 17.3 Å². The fourth-order valence-corrected chi connectivity index (χ4v) is 2.77. The SMILES string of the molecule is CCC1Oc2ccc([N+](=O)[O-])cc2N(Cc2cccc(C#N)c2)C1=O. The third-order valence-electron chi connectivity index (χ3n) is 4.02. The summed E-state index contributed by atoms with van der Waals surface area (Å²) in [6.45, 7) is 2.05. The molecule has 1 aliphatic heterocycles. The van der Waals surface area contributed by atoms with Gasteiger partial charge < -0.3 is 9.64 Å². The molecule has 0 aromatic heterocycles. The number of fused-ring (bicyclic) bond motifs is 1. The van der Waals surface area contributed by atoms with Crippen molar-refractivity contribution in [2.45, 2.75) is 26.0 Å². The first-order chi connectivity index (χ1) is 12.0. The number of nitrogens with zero attached hydrogens (tertiary/aromatic N) is 3. The first-order valence-electron chi connectivity index (χ1n) is 7.79. The van der Waals surface area contributed by atoms with E-state index in [0.717, 1.165) is 5.56 Å². The van der Waals surface area contributed by atoms with Gasteiger partial charge in [-0.2, -0.15) is 5.26 Å². The predicted octanol–water partition coefficient (Wildman–Crippen LogP) is 3.17. The molecular formula is C18H15N3O4. The number of nitriles is 1. The number of nitro groups is 1. The summed E-state index contributed by atoms with van der Waals surface area (Å²) in [5, 5.41) is 20.1. The highest BCUT2D eigenvalue weighted by Gasteiger charge is 2.34. The zero-order chi connectivity index (χ0) is 18.0. The molecule has 2 aromatic carbocycles. The van der Waals surface area contributed by atoms with Crippen molar-refractivity contribution in [2.24, 2.45) is 0 Å². The van der Waals surface area contributed by atoms with Crippen molar-refractivity contribution < 1.29 is 14.5 Å². The van der Waals surface area contributed by atoms with Crippen molar-refractivity contribution in [2.75, 3.05) is 4.90 Å². The van der Waals surface area contributed by atoms with Gasteiger partial charge in [0.25, 0.3) is 11.6 Å². The maximum atomic E-state index is 12.7. The molecule has 0 fully saturated rings. The van der Waals surface area contributed by atoms with Gasteiger partial charge >= 0.3 is 0 Å². The van der Waals surface area contributed by atoms with Crippen LogP contribution in [0.4, 0.5) is 11.4 Å². The largest absolute Gasteiger partial charge is 0.478 e. The lowest BCUT2D eigenvalue weighted by Gasteiger charge is -2.34. The lowest BCUT2D eigenvalue weighted by molar-refractivity contribution is -0.384. The van der Waals surface area contributed by atoms with E-state index in [4.69, 9.17) is 10.00 Å². The topological polar surface area (TPSA) is 96.5 Å². The van der Waals surface area contributed by atoms with Crippen LogP contribution >= 0.6 is 0 Å². The summed E-state index contributed by atoms with van der Waals surface area (Å²) in [5.41, 5.74) is 1.51. The van der Waals surface area contributed by atoms with Gasteiger partial charge in [-0.15, -0.1) is 0 Å². The quantitative estimate of drug-likeness (QED) is 0.630. The van der Waals surface area contributed by atoms with Crippen LogP contribution in [0.3, 0.4) is 0 Å². The van der Waals surface area contributed by atoms with Gasteiger partial charge in [0.2, 0.25) is 0 Å². The number of amides is 1. The van der Waals surface area contributed by atoms with Crippen LogP contribution in [0.5, 0.6) is 5.75 Å². The van der Waals surface area contributed by atoms with Crippen LogP contribution in [0.2, 0.25) is 0 Å². The van der Waals surface area contributed by atoms with E-state index >= 15 is 0 Å². The molecule has 1 aliphatic rings. The van der Waals surface area contributed by atoms with Crippen LogP contribution < -0.4 is 9.64 Å². The molecule has 126 valence electrons. The first kappa shape index (κ1) is 16.5. The highest BCUT2D eigenvalue weighted by Crippen LogP contribution is 2.38. The minimum Gasteiger partial charge on any atom is -0.478 e. The smallest absolute Gasteiger partial charge is 0.271 e. The summed E-state index contributed by atoms with van der Waals surface area (Å²) in [5.74, 6) is 0.186. The molecule has 1 atom stereocenters. The molecule has 3 rings (SSSR count). The lowest BCUT2D eigenvalue weighted by Crippen LogP contribution is -2.45. The van der Waals surface area contributed by atoms with Crippen LogP contribution in [-0.2, 0) is 11.3 Å². The van der Waals surface area contributed by atoms with Crippen molar-refractivity contribution in [3.8, 4) is 11.8 Å². The van der Waals surface area contributed by atoms with Gasteiger partial charge in [0.1, 0.15) is 5.75 Å². The Kier molecular flexibility index (Phi) is 4.35. The van der Waals surface area contributed by atoms with Gasteiger partial charge in [0.15, 0.2) is 6.10 Å². The summed E-state index contributed by atoms with van der Waals surface area (Å²) in [6, 6.07) is 13.2. The van der Waals surface area contributed by atoms with Crippen LogP contribution in [0.25, 0.3) is 0 Å². The number of nitro benzene ring substituents is 1. The monoisotopic (exact) mass is 337 g/mol. The van der Waals surface area contributed by atoms with Crippen LogP contribution in [0.15, 0.2) is 42.5 Å². The van der Waals surface area contributed by atoms with E-state index in [9.17, 15) is 14.9 Å². The Bertz CT molecular complexity index is 888. The predicted molar refractivity (Wildman–Crippen MR) is 90.2 cm³/mol. The van der Waals surface area contributed by atoms with Gasteiger partial charge in [0, 0.05) is 12.1 Å². The maximum Gasteiger partial charge on any atom is 0.271 e. The Hall–Kier alpha value is -3.40. The average Bonchev–Trinajstić information content (AvgIpc) is 2.63. The highest BCUT2D eigenvalue weighted by molar-refractivity contribution is 6.00. The number of carbonyl (C=O) groups excluding carboxylic acids is 1. The number of ether oxygens (including phenoxy) is 1. The zero-order valence-electron chi connectivity index (χ0n) is 13.5. The van der Waals surface area contributed by atoms with Crippen molar-refractivity contribution in [1.82, 2.24) is 0 Å². The minimum atomic E-state index is -0.631. The molecule has 25 heavy (non-hydrogen) atoms. The number of hydrogen-bond donors (Lipinski definition) is 0.